The van der Waals surface area contributed by atoms with Crippen LogP contribution in [0.15, 0.2) is 18.2 Å². The molecule has 1 heterocycles. The molecule has 0 bridgehead atoms. The number of carboxylic acid groups (broad SMARTS) is 1. The summed E-state index contributed by atoms with van der Waals surface area (Å²) in [4.78, 5) is 25.0. The zero-order valence-corrected chi connectivity index (χ0v) is 14.8. The van der Waals surface area contributed by atoms with E-state index < -0.39 is 30.1 Å². The van der Waals surface area contributed by atoms with Gasteiger partial charge in [-0.05, 0) is 24.5 Å². The van der Waals surface area contributed by atoms with Crippen LogP contribution in [0.4, 0.5) is 4.79 Å². The van der Waals surface area contributed by atoms with Crippen molar-refractivity contribution >= 4 is 19.6 Å². The number of hydrogen-bond donors (Lipinski definition) is 1. The van der Waals surface area contributed by atoms with Crippen LogP contribution in [-0.4, -0.2) is 56.0 Å². The molecular weight excluding hydrogens is 325 g/mol. The summed E-state index contributed by atoms with van der Waals surface area (Å²) in [5.41, 5.74) is 0.514. The monoisotopic (exact) mass is 347 g/mol. The van der Waals surface area contributed by atoms with Gasteiger partial charge in [0.2, 0.25) is 7.85 Å². The number of rotatable bonds is 6. The molecule has 25 heavy (non-hydrogen) atoms. The summed E-state index contributed by atoms with van der Waals surface area (Å²) in [6.07, 6.45) is -1.65. The minimum atomic E-state index is -1.16. The molecule has 0 saturated carbocycles. The van der Waals surface area contributed by atoms with Crippen molar-refractivity contribution in [1.29, 1.82) is 0 Å². The highest BCUT2D eigenvalue weighted by Crippen LogP contribution is 2.41. The highest BCUT2D eigenvalue weighted by molar-refractivity contribution is 6.57. The average molecular weight is 347 g/mol. The maximum absolute atomic E-state index is 12.1. The van der Waals surface area contributed by atoms with Gasteiger partial charge in [-0.3, -0.25) is 4.79 Å². The van der Waals surface area contributed by atoms with E-state index in [1.165, 1.54) is 19.1 Å². The molecule has 2 unspecified atom stereocenters. The summed E-state index contributed by atoms with van der Waals surface area (Å²) in [5, 5.41) is 9.51. The van der Waals surface area contributed by atoms with Gasteiger partial charge in [0.15, 0.2) is 18.1 Å². The Morgan fingerprint density at radius 2 is 2.00 bits per heavy atom. The van der Waals surface area contributed by atoms with Gasteiger partial charge < -0.3 is 24.2 Å². The van der Waals surface area contributed by atoms with Crippen LogP contribution < -0.4 is 9.47 Å². The molecule has 1 saturated heterocycles. The van der Waals surface area contributed by atoms with Crippen molar-refractivity contribution in [2.24, 2.45) is 5.92 Å². The van der Waals surface area contributed by atoms with Gasteiger partial charge in [-0.15, -0.1) is 0 Å². The standard InChI is InChI=1S/C17H22BNO6/c1-9(2)7-12-14(16(20)21)25-15(19(12)17(18)22)11-6-5-10(23-3)8-13(11)24-4/h5-6,8-9,12,14-15H,7H2,1-4H3,(H,20,21)/t12?,14-,15?/m1/s1. The molecule has 1 amide bonds. The molecule has 1 N–H and O–H groups in total. The first-order valence-corrected chi connectivity index (χ1v) is 7.98. The largest absolute Gasteiger partial charge is 0.497 e. The Balaban J connectivity index is 2.48. The average Bonchev–Trinajstić information content (AvgIpc) is 2.92. The fourth-order valence-electron chi connectivity index (χ4n) is 3.08. The molecule has 0 spiro atoms. The summed E-state index contributed by atoms with van der Waals surface area (Å²) in [7, 11) is 8.55. The number of carboxylic acids is 1. The summed E-state index contributed by atoms with van der Waals surface area (Å²) in [5.74, 6) is -0.722. The van der Waals surface area contributed by atoms with Gasteiger partial charge in [0.05, 0.1) is 20.3 Å². The molecular formula is C17H22BNO6. The third kappa shape index (κ3) is 3.90. The van der Waals surface area contributed by atoms with Crippen molar-refractivity contribution in [2.45, 2.75) is 38.6 Å². The number of hydrogen-bond acceptors (Lipinski definition) is 5. The Labute approximate surface area is 148 Å². The Bertz CT molecular complexity index is 650. The Morgan fingerprint density at radius 1 is 1.32 bits per heavy atom. The smallest absolute Gasteiger partial charge is 0.335 e. The van der Waals surface area contributed by atoms with Gasteiger partial charge in [0.25, 0.3) is 0 Å². The van der Waals surface area contributed by atoms with Crippen molar-refractivity contribution in [1.82, 2.24) is 4.90 Å². The molecule has 7 nitrogen and oxygen atoms in total. The van der Waals surface area contributed by atoms with Crippen LogP contribution in [0.5, 0.6) is 11.5 Å². The van der Waals surface area contributed by atoms with Crippen LogP contribution in [0.2, 0.25) is 0 Å². The highest BCUT2D eigenvalue weighted by Gasteiger charge is 2.48. The van der Waals surface area contributed by atoms with Crippen molar-refractivity contribution < 1.29 is 28.9 Å². The molecule has 8 heteroatoms. The normalized spacial score (nSPS) is 22.9. The van der Waals surface area contributed by atoms with E-state index >= 15 is 0 Å². The molecule has 0 aliphatic carbocycles. The van der Waals surface area contributed by atoms with Crippen molar-refractivity contribution in [3.63, 3.8) is 0 Å². The van der Waals surface area contributed by atoms with E-state index in [0.29, 0.717) is 23.5 Å². The maximum atomic E-state index is 12.1. The third-order valence-corrected chi connectivity index (χ3v) is 4.15. The zero-order valence-electron chi connectivity index (χ0n) is 14.8. The number of carbonyl (C=O) groups excluding carboxylic acids is 1. The van der Waals surface area contributed by atoms with Gasteiger partial charge >= 0.3 is 5.97 Å². The van der Waals surface area contributed by atoms with Gasteiger partial charge in [-0.2, -0.15) is 0 Å². The molecule has 1 aromatic carbocycles. The molecule has 1 fully saturated rings. The van der Waals surface area contributed by atoms with Crippen molar-refractivity contribution in [2.75, 3.05) is 14.2 Å². The summed E-state index contributed by atoms with van der Waals surface area (Å²) in [6.45, 7) is 3.89. The first-order chi connectivity index (χ1) is 11.8. The molecule has 1 aliphatic heterocycles. The number of carbonyl (C=O) groups is 2. The highest BCUT2D eigenvalue weighted by atomic mass is 16.6. The van der Waals surface area contributed by atoms with Crippen LogP contribution in [0.1, 0.15) is 32.1 Å². The lowest BCUT2D eigenvalue weighted by Crippen LogP contribution is -2.43. The Morgan fingerprint density at radius 3 is 2.48 bits per heavy atom. The summed E-state index contributed by atoms with van der Waals surface area (Å²) in [6, 6.07) is 4.34. The lowest BCUT2D eigenvalue weighted by molar-refractivity contribution is -0.150. The number of amides is 1. The zero-order chi connectivity index (χ0) is 18.7. The fourth-order valence-corrected chi connectivity index (χ4v) is 3.08. The molecule has 1 aliphatic rings. The van der Waals surface area contributed by atoms with Crippen LogP contribution in [-0.2, 0) is 9.53 Å². The number of benzene rings is 1. The Hall–Kier alpha value is -2.22. The van der Waals surface area contributed by atoms with E-state index in [4.69, 9.17) is 22.1 Å². The van der Waals surface area contributed by atoms with Gasteiger partial charge in [0.1, 0.15) is 11.5 Å². The Kier molecular flexibility index (Phi) is 5.95. The van der Waals surface area contributed by atoms with E-state index in [2.05, 4.69) is 0 Å². The summed E-state index contributed by atoms with van der Waals surface area (Å²) >= 11 is 0. The van der Waals surface area contributed by atoms with Crippen LogP contribution >= 0.6 is 0 Å². The second-order valence-electron chi connectivity index (χ2n) is 6.30. The summed E-state index contributed by atoms with van der Waals surface area (Å²) < 4.78 is 16.2. The SMILES string of the molecule is [B]C(=O)N1C(c2ccc(OC)cc2OC)O[C@@H](C(=O)O)C1CC(C)C. The molecule has 1 aromatic rings. The topological polar surface area (TPSA) is 85.3 Å². The van der Waals surface area contributed by atoms with Gasteiger partial charge in [-0.25, -0.2) is 4.79 Å². The number of aliphatic carboxylic acids is 1. The minimum Gasteiger partial charge on any atom is -0.497 e. The first-order valence-electron chi connectivity index (χ1n) is 7.98. The predicted molar refractivity (Wildman–Crippen MR) is 91.0 cm³/mol. The first kappa shape index (κ1) is 19.1. The second-order valence-corrected chi connectivity index (χ2v) is 6.30. The third-order valence-electron chi connectivity index (χ3n) is 4.15. The lowest BCUT2D eigenvalue weighted by Gasteiger charge is -2.30. The number of ether oxygens (including phenoxy) is 3. The van der Waals surface area contributed by atoms with Crippen molar-refractivity contribution in [3.05, 3.63) is 23.8 Å². The number of methoxy groups -OCH3 is 2. The quantitative estimate of drug-likeness (QED) is 0.794. The van der Waals surface area contributed by atoms with E-state index in [-0.39, 0.29) is 5.92 Å². The molecule has 2 rings (SSSR count). The van der Waals surface area contributed by atoms with Gasteiger partial charge in [0, 0.05) is 11.6 Å². The molecule has 3 atom stereocenters. The predicted octanol–water partition coefficient (Wildman–Crippen LogP) is 2.19. The minimum absolute atomic E-state index is 0.161. The van der Waals surface area contributed by atoms with Crippen molar-refractivity contribution in [3.8, 4) is 11.5 Å². The number of nitrogens with zero attached hydrogens (tertiary/aromatic N) is 1. The second kappa shape index (κ2) is 7.78. The van der Waals surface area contributed by atoms with Crippen LogP contribution in [0.25, 0.3) is 0 Å². The van der Waals surface area contributed by atoms with Gasteiger partial charge in [-0.1, -0.05) is 13.8 Å². The molecule has 0 aromatic heterocycles. The fraction of sp³-hybridized carbons (Fsp3) is 0.529. The van der Waals surface area contributed by atoms with E-state index in [0.717, 1.165) is 0 Å². The van der Waals surface area contributed by atoms with Crippen LogP contribution in [0.3, 0.4) is 0 Å². The lowest BCUT2D eigenvalue weighted by atomic mass is 9.95. The van der Waals surface area contributed by atoms with E-state index in [1.54, 1.807) is 18.2 Å². The molecule has 134 valence electrons. The molecule has 2 radical (unpaired) electrons. The maximum Gasteiger partial charge on any atom is 0.335 e. The van der Waals surface area contributed by atoms with E-state index in [9.17, 15) is 14.7 Å². The van der Waals surface area contributed by atoms with Crippen LogP contribution in [0, 0.1) is 5.92 Å². The van der Waals surface area contributed by atoms with E-state index in [1.807, 2.05) is 13.8 Å².